The zero-order valence-corrected chi connectivity index (χ0v) is 12.6. The van der Waals surface area contributed by atoms with Crippen molar-refractivity contribution in [3.05, 3.63) is 71.8 Å². The third-order valence-electron chi connectivity index (χ3n) is 3.20. The van der Waals surface area contributed by atoms with Crippen LogP contribution in [0, 0.1) is 0 Å². The number of amides is 1. The van der Waals surface area contributed by atoms with Crippen LogP contribution in [0.2, 0.25) is 0 Å². The minimum absolute atomic E-state index is 0.134. The summed E-state index contributed by atoms with van der Waals surface area (Å²) < 4.78 is 0. The van der Waals surface area contributed by atoms with Crippen LogP contribution < -0.4 is 0 Å². The van der Waals surface area contributed by atoms with Crippen molar-refractivity contribution in [2.24, 2.45) is 0 Å². The Labute approximate surface area is 124 Å². The highest BCUT2D eigenvalue weighted by molar-refractivity contribution is 7.99. The second-order valence-electron chi connectivity index (χ2n) is 4.71. The highest BCUT2D eigenvalue weighted by Gasteiger charge is 2.22. The summed E-state index contributed by atoms with van der Waals surface area (Å²) in [5, 5.41) is -0.134. The second-order valence-corrected chi connectivity index (χ2v) is 5.65. The Kier molecular flexibility index (Phi) is 5.24. The Morgan fingerprint density at radius 1 is 1.05 bits per heavy atom. The average Bonchev–Trinajstić information content (AvgIpc) is 2.50. The van der Waals surface area contributed by atoms with Gasteiger partial charge in [-0.3, -0.25) is 4.79 Å². The molecule has 0 saturated heterocycles. The minimum Gasteiger partial charge on any atom is -0.340 e. The predicted molar refractivity (Wildman–Crippen MR) is 85.6 cm³/mol. The maximum atomic E-state index is 12.6. The number of benzene rings is 2. The standard InChI is InChI=1S/C17H19NOS/c1-18(13-14-9-5-3-6-10-14)17(19)16(20-2)15-11-7-4-8-12-15/h3-12,16H,13H2,1-2H3. The van der Waals surface area contributed by atoms with E-state index in [2.05, 4.69) is 0 Å². The fourth-order valence-corrected chi connectivity index (χ4v) is 2.95. The molecule has 2 aromatic carbocycles. The van der Waals surface area contributed by atoms with Crippen molar-refractivity contribution < 1.29 is 4.79 Å². The zero-order chi connectivity index (χ0) is 14.4. The van der Waals surface area contributed by atoms with Crippen molar-refractivity contribution in [1.29, 1.82) is 0 Å². The molecule has 0 aromatic heterocycles. The predicted octanol–water partition coefficient (Wildman–Crippen LogP) is 3.75. The molecule has 1 atom stereocenters. The van der Waals surface area contributed by atoms with Crippen LogP contribution >= 0.6 is 11.8 Å². The molecule has 1 amide bonds. The van der Waals surface area contributed by atoms with Gasteiger partial charge >= 0.3 is 0 Å². The molecule has 0 bridgehead atoms. The summed E-state index contributed by atoms with van der Waals surface area (Å²) in [7, 11) is 1.86. The summed E-state index contributed by atoms with van der Waals surface area (Å²) in [6.45, 7) is 0.642. The third-order valence-corrected chi connectivity index (χ3v) is 4.15. The third kappa shape index (κ3) is 3.64. The van der Waals surface area contributed by atoms with E-state index in [1.165, 1.54) is 0 Å². The van der Waals surface area contributed by atoms with E-state index in [1.807, 2.05) is 74.0 Å². The van der Waals surface area contributed by atoms with Crippen molar-refractivity contribution in [2.45, 2.75) is 11.8 Å². The normalized spacial score (nSPS) is 11.9. The molecule has 0 spiro atoms. The zero-order valence-electron chi connectivity index (χ0n) is 11.8. The van der Waals surface area contributed by atoms with Gasteiger partial charge in [0.1, 0.15) is 5.25 Å². The lowest BCUT2D eigenvalue weighted by Gasteiger charge is -2.23. The molecule has 0 aliphatic heterocycles. The van der Waals surface area contributed by atoms with Crippen LogP contribution in [-0.4, -0.2) is 24.1 Å². The van der Waals surface area contributed by atoms with Crippen LogP contribution in [0.5, 0.6) is 0 Å². The molecule has 104 valence electrons. The van der Waals surface area contributed by atoms with Crippen LogP contribution in [0.15, 0.2) is 60.7 Å². The lowest BCUT2D eigenvalue weighted by atomic mass is 10.1. The topological polar surface area (TPSA) is 20.3 Å². The van der Waals surface area contributed by atoms with Gasteiger partial charge in [-0.1, -0.05) is 60.7 Å². The van der Waals surface area contributed by atoms with E-state index in [4.69, 9.17) is 0 Å². The quantitative estimate of drug-likeness (QED) is 0.834. The first-order valence-electron chi connectivity index (χ1n) is 6.59. The molecule has 0 fully saturated rings. The van der Waals surface area contributed by atoms with Crippen molar-refractivity contribution in [3.63, 3.8) is 0 Å². The highest BCUT2D eigenvalue weighted by atomic mass is 32.2. The lowest BCUT2D eigenvalue weighted by molar-refractivity contribution is -0.129. The van der Waals surface area contributed by atoms with E-state index in [-0.39, 0.29) is 11.2 Å². The SMILES string of the molecule is CSC(C(=O)N(C)Cc1ccccc1)c1ccccc1. The molecule has 20 heavy (non-hydrogen) atoms. The van der Waals surface area contributed by atoms with Crippen LogP contribution in [0.4, 0.5) is 0 Å². The Balaban J connectivity index is 2.09. The summed E-state index contributed by atoms with van der Waals surface area (Å²) in [5.74, 6) is 0.146. The van der Waals surface area contributed by atoms with Gasteiger partial charge in [0.05, 0.1) is 0 Å². The molecule has 1 unspecified atom stereocenters. The van der Waals surface area contributed by atoms with Crippen LogP contribution in [0.1, 0.15) is 16.4 Å². The maximum absolute atomic E-state index is 12.6. The van der Waals surface area contributed by atoms with Gasteiger partial charge in [-0.05, 0) is 17.4 Å². The minimum atomic E-state index is -0.134. The van der Waals surface area contributed by atoms with Gasteiger partial charge in [0.25, 0.3) is 0 Å². The first-order valence-corrected chi connectivity index (χ1v) is 7.88. The highest BCUT2D eigenvalue weighted by Crippen LogP contribution is 2.28. The number of carbonyl (C=O) groups is 1. The van der Waals surface area contributed by atoms with E-state index >= 15 is 0 Å². The molecule has 0 heterocycles. The van der Waals surface area contributed by atoms with Gasteiger partial charge in [-0.15, -0.1) is 11.8 Å². The smallest absolute Gasteiger partial charge is 0.240 e. The number of likely N-dealkylation sites (N-methyl/N-ethyl adjacent to an activating group) is 1. The van der Waals surface area contributed by atoms with Crippen molar-refractivity contribution in [2.75, 3.05) is 13.3 Å². The monoisotopic (exact) mass is 285 g/mol. The van der Waals surface area contributed by atoms with E-state index in [1.54, 1.807) is 16.7 Å². The van der Waals surface area contributed by atoms with Gasteiger partial charge in [-0.25, -0.2) is 0 Å². The Hall–Kier alpha value is -1.74. The van der Waals surface area contributed by atoms with Gasteiger partial charge in [0.15, 0.2) is 0 Å². The molecule has 2 rings (SSSR count). The number of nitrogens with zero attached hydrogens (tertiary/aromatic N) is 1. The summed E-state index contributed by atoms with van der Waals surface area (Å²) in [6, 6.07) is 20.0. The number of carbonyl (C=O) groups excluding carboxylic acids is 1. The molecule has 2 aromatic rings. The molecule has 0 aliphatic rings. The van der Waals surface area contributed by atoms with Gasteiger partial charge < -0.3 is 4.90 Å². The fraction of sp³-hybridized carbons (Fsp3) is 0.235. The first kappa shape index (κ1) is 14.7. The summed E-state index contributed by atoms with van der Waals surface area (Å²) in [4.78, 5) is 14.4. The van der Waals surface area contributed by atoms with Gasteiger partial charge in [0, 0.05) is 13.6 Å². The Morgan fingerprint density at radius 2 is 1.60 bits per heavy atom. The number of hydrogen-bond acceptors (Lipinski definition) is 2. The Morgan fingerprint density at radius 3 is 2.15 bits per heavy atom. The van der Waals surface area contributed by atoms with Crippen LogP contribution in [-0.2, 0) is 11.3 Å². The molecular weight excluding hydrogens is 266 g/mol. The van der Waals surface area contributed by atoms with Gasteiger partial charge in [-0.2, -0.15) is 0 Å². The van der Waals surface area contributed by atoms with Crippen LogP contribution in [0.25, 0.3) is 0 Å². The summed E-state index contributed by atoms with van der Waals surface area (Å²) in [6.07, 6.45) is 1.98. The first-order chi connectivity index (χ1) is 9.72. The van der Waals surface area contributed by atoms with E-state index in [0.717, 1.165) is 11.1 Å². The molecule has 0 aliphatic carbocycles. The van der Waals surface area contributed by atoms with Crippen molar-refractivity contribution in [3.8, 4) is 0 Å². The molecule has 0 saturated carbocycles. The number of thioether (sulfide) groups is 1. The number of rotatable bonds is 5. The largest absolute Gasteiger partial charge is 0.340 e. The second kappa shape index (κ2) is 7.15. The van der Waals surface area contributed by atoms with Gasteiger partial charge in [0.2, 0.25) is 5.91 Å². The van der Waals surface area contributed by atoms with E-state index in [9.17, 15) is 4.79 Å². The molecular formula is C17H19NOS. The molecule has 0 radical (unpaired) electrons. The van der Waals surface area contributed by atoms with Crippen LogP contribution in [0.3, 0.4) is 0 Å². The molecule has 0 N–H and O–H groups in total. The summed E-state index contributed by atoms with van der Waals surface area (Å²) >= 11 is 1.58. The maximum Gasteiger partial charge on any atom is 0.240 e. The average molecular weight is 285 g/mol. The molecule has 3 heteroatoms. The van der Waals surface area contributed by atoms with E-state index in [0.29, 0.717) is 6.54 Å². The fourth-order valence-electron chi connectivity index (χ4n) is 2.14. The lowest BCUT2D eigenvalue weighted by Crippen LogP contribution is -2.30. The summed E-state index contributed by atoms with van der Waals surface area (Å²) in [5.41, 5.74) is 2.21. The number of hydrogen-bond donors (Lipinski definition) is 0. The molecule has 2 nitrogen and oxygen atoms in total. The Bertz CT molecular complexity index is 541. The van der Waals surface area contributed by atoms with E-state index < -0.39 is 0 Å². The van der Waals surface area contributed by atoms with Crippen molar-refractivity contribution in [1.82, 2.24) is 4.90 Å². The van der Waals surface area contributed by atoms with Crippen molar-refractivity contribution >= 4 is 17.7 Å².